The smallest absolute Gasteiger partial charge is 0.329 e. The lowest BCUT2D eigenvalue weighted by molar-refractivity contribution is -0.159. The van der Waals surface area contributed by atoms with E-state index in [1.807, 2.05) is 6.92 Å². The molecule has 28 heavy (non-hydrogen) atoms. The van der Waals surface area contributed by atoms with Crippen LogP contribution in [0.15, 0.2) is 28.8 Å². The number of likely N-dealkylation sites (N-methyl/N-ethyl adjacent to an activating group) is 1. The van der Waals surface area contributed by atoms with Crippen molar-refractivity contribution in [2.24, 2.45) is 0 Å². The standard InChI is InChI=1S/C18H22F3N5O2/c1-4-25-9-12(3)26(10-11(25)2)17(27)22-14-7-5-6-13(8-14)15-23-16(28-24-15)18(19,20)21/h5-8,11-12H,4,9-10H2,1-3H3,(H,22,27)/t11-,12-/m1/s1. The van der Waals surface area contributed by atoms with Crippen molar-refractivity contribution in [2.45, 2.75) is 39.0 Å². The summed E-state index contributed by atoms with van der Waals surface area (Å²) in [5.74, 6) is -1.60. The van der Waals surface area contributed by atoms with Crippen molar-refractivity contribution in [3.63, 3.8) is 0 Å². The van der Waals surface area contributed by atoms with Crippen molar-refractivity contribution < 1.29 is 22.5 Å². The first-order chi connectivity index (χ1) is 13.2. The maximum absolute atomic E-state index is 12.7. The number of benzene rings is 1. The minimum Gasteiger partial charge on any atom is -0.329 e. The normalized spacial score (nSPS) is 21.0. The fourth-order valence-corrected chi connectivity index (χ4v) is 3.31. The van der Waals surface area contributed by atoms with Gasteiger partial charge >= 0.3 is 18.1 Å². The summed E-state index contributed by atoms with van der Waals surface area (Å²) < 4.78 is 42.2. The molecule has 1 aromatic carbocycles. The summed E-state index contributed by atoms with van der Waals surface area (Å²) in [7, 11) is 0. The van der Waals surface area contributed by atoms with E-state index in [0.29, 0.717) is 17.8 Å². The van der Waals surface area contributed by atoms with Crippen LogP contribution in [0.2, 0.25) is 0 Å². The summed E-state index contributed by atoms with van der Waals surface area (Å²) in [5, 5.41) is 6.17. The third kappa shape index (κ3) is 4.27. The van der Waals surface area contributed by atoms with E-state index < -0.39 is 12.1 Å². The molecule has 1 aliphatic heterocycles. The Hall–Kier alpha value is -2.62. The molecule has 2 heterocycles. The fourth-order valence-electron chi connectivity index (χ4n) is 3.31. The van der Waals surface area contributed by atoms with Crippen LogP contribution in [-0.2, 0) is 6.18 Å². The van der Waals surface area contributed by atoms with E-state index >= 15 is 0 Å². The van der Waals surface area contributed by atoms with E-state index in [1.54, 1.807) is 23.1 Å². The number of carbonyl (C=O) groups excluding carboxylic acids is 1. The van der Waals surface area contributed by atoms with Crippen LogP contribution in [0.1, 0.15) is 26.7 Å². The number of alkyl halides is 3. The molecule has 3 rings (SSSR count). The third-order valence-corrected chi connectivity index (χ3v) is 4.82. The molecule has 1 saturated heterocycles. The summed E-state index contributed by atoms with van der Waals surface area (Å²) in [6, 6.07) is 6.36. The van der Waals surface area contributed by atoms with Gasteiger partial charge in [0.2, 0.25) is 5.82 Å². The summed E-state index contributed by atoms with van der Waals surface area (Å²) in [4.78, 5) is 20.1. The minimum absolute atomic E-state index is 0.0471. The zero-order valence-corrected chi connectivity index (χ0v) is 15.8. The molecule has 152 valence electrons. The molecule has 2 aromatic rings. The Balaban J connectivity index is 1.72. The molecule has 1 aromatic heterocycles. The average molecular weight is 397 g/mol. The molecule has 10 heteroatoms. The second-order valence-corrected chi connectivity index (χ2v) is 6.87. The van der Waals surface area contributed by atoms with Crippen LogP contribution in [0.25, 0.3) is 11.4 Å². The summed E-state index contributed by atoms with van der Waals surface area (Å²) in [6.45, 7) is 8.46. The van der Waals surface area contributed by atoms with Gasteiger partial charge in [-0.05, 0) is 32.5 Å². The Morgan fingerprint density at radius 1 is 1.29 bits per heavy atom. The number of aromatic nitrogens is 2. The largest absolute Gasteiger partial charge is 0.471 e. The highest BCUT2D eigenvalue weighted by Gasteiger charge is 2.38. The van der Waals surface area contributed by atoms with E-state index in [1.165, 1.54) is 6.07 Å². The third-order valence-electron chi connectivity index (χ3n) is 4.82. The highest BCUT2D eigenvalue weighted by Crippen LogP contribution is 2.30. The monoisotopic (exact) mass is 397 g/mol. The quantitative estimate of drug-likeness (QED) is 0.855. The van der Waals surface area contributed by atoms with Crippen molar-refractivity contribution >= 4 is 11.7 Å². The van der Waals surface area contributed by atoms with Crippen molar-refractivity contribution in [3.05, 3.63) is 30.2 Å². The average Bonchev–Trinajstić information content (AvgIpc) is 3.14. The van der Waals surface area contributed by atoms with Crippen LogP contribution in [0.4, 0.5) is 23.7 Å². The predicted octanol–water partition coefficient (Wildman–Crippen LogP) is 3.70. The molecule has 0 aliphatic carbocycles. The van der Waals surface area contributed by atoms with Crippen LogP contribution in [-0.4, -0.2) is 57.7 Å². The zero-order chi connectivity index (χ0) is 20.5. The van der Waals surface area contributed by atoms with Crippen LogP contribution in [0.5, 0.6) is 0 Å². The highest BCUT2D eigenvalue weighted by molar-refractivity contribution is 5.90. The lowest BCUT2D eigenvalue weighted by Gasteiger charge is -2.43. The van der Waals surface area contributed by atoms with Crippen LogP contribution >= 0.6 is 0 Å². The summed E-state index contributed by atoms with van der Waals surface area (Å²) >= 11 is 0. The van der Waals surface area contributed by atoms with Crippen LogP contribution in [0, 0.1) is 0 Å². The Bertz CT molecular complexity index is 839. The Labute approximate surface area is 160 Å². The minimum atomic E-state index is -4.70. The molecule has 0 radical (unpaired) electrons. The van der Waals surface area contributed by atoms with Gasteiger partial charge in [-0.3, -0.25) is 4.90 Å². The second-order valence-electron chi connectivity index (χ2n) is 6.87. The molecular weight excluding hydrogens is 375 g/mol. The van der Waals surface area contributed by atoms with Crippen LogP contribution < -0.4 is 5.32 Å². The topological polar surface area (TPSA) is 74.5 Å². The van der Waals surface area contributed by atoms with Crippen LogP contribution in [0.3, 0.4) is 0 Å². The van der Waals surface area contributed by atoms with Gasteiger partial charge in [0.1, 0.15) is 0 Å². The first kappa shape index (κ1) is 20.1. The number of piperazine rings is 1. The van der Waals surface area contributed by atoms with Gasteiger partial charge in [-0.1, -0.05) is 24.2 Å². The first-order valence-electron chi connectivity index (χ1n) is 9.02. The molecule has 0 saturated carbocycles. The summed E-state index contributed by atoms with van der Waals surface area (Å²) in [5.41, 5.74) is 0.757. The lowest BCUT2D eigenvalue weighted by Crippen LogP contribution is -2.58. The van der Waals surface area contributed by atoms with Gasteiger partial charge in [-0.15, -0.1) is 0 Å². The molecule has 0 spiro atoms. The lowest BCUT2D eigenvalue weighted by atomic mass is 10.1. The molecule has 0 bridgehead atoms. The number of halogens is 3. The van der Waals surface area contributed by atoms with E-state index in [0.717, 1.165) is 13.1 Å². The molecule has 0 unspecified atom stereocenters. The molecule has 2 amide bonds. The van der Waals surface area contributed by atoms with Gasteiger partial charge in [-0.2, -0.15) is 18.2 Å². The van der Waals surface area contributed by atoms with Gasteiger partial charge < -0.3 is 14.7 Å². The van der Waals surface area contributed by atoms with Gasteiger partial charge in [0.05, 0.1) is 0 Å². The number of hydrogen-bond donors (Lipinski definition) is 1. The zero-order valence-electron chi connectivity index (χ0n) is 15.8. The van der Waals surface area contributed by atoms with Crippen molar-refractivity contribution in [3.8, 4) is 11.4 Å². The Morgan fingerprint density at radius 3 is 2.68 bits per heavy atom. The molecule has 1 fully saturated rings. The number of urea groups is 1. The maximum atomic E-state index is 12.7. The highest BCUT2D eigenvalue weighted by atomic mass is 19.4. The summed E-state index contributed by atoms with van der Waals surface area (Å²) in [6.07, 6.45) is -4.70. The fraction of sp³-hybridized carbons (Fsp3) is 0.500. The molecule has 1 aliphatic rings. The van der Waals surface area contributed by atoms with Crippen molar-refractivity contribution in [1.29, 1.82) is 0 Å². The molecule has 7 nitrogen and oxygen atoms in total. The number of nitrogens with zero attached hydrogens (tertiary/aromatic N) is 4. The van der Waals surface area contributed by atoms with Gasteiger partial charge in [0.25, 0.3) is 0 Å². The molecule has 1 N–H and O–H groups in total. The molecule has 2 atom stereocenters. The van der Waals surface area contributed by atoms with E-state index in [-0.39, 0.29) is 23.9 Å². The number of rotatable bonds is 3. The van der Waals surface area contributed by atoms with Gasteiger partial charge in [0, 0.05) is 36.4 Å². The number of carbonyl (C=O) groups is 1. The number of amides is 2. The SMILES string of the molecule is CCN1C[C@@H](C)N(C(=O)Nc2cccc(-c3noc(C(F)(F)F)n3)c2)C[C@H]1C. The Kier molecular flexibility index (Phi) is 5.59. The predicted molar refractivity (Wildman–Crippen MR) is 96.6 cm³/mol. The number of anilines is 1. The first-order valence-corrected chi connectivity index (χ1v) is 9.02. The van der Waals surface area contributed by atoms with Gasteiger partial charge in [-0.25, -0.2) is 4.79 Å². The van der Waals surface area contributed by atoms with E-state index in [9.17, 15) is 18.0 Å². The number of hydrogen-bond acceptors (Lipinski definition) is 5. The number of nitrogens with one attached hydrogen (secondary N) is 1. The maximum Gasteiger partial charge on any atom is 0.471 e. The van der Waals surface area contributed by atoms with Crippen molar-refractivity contribution in [1.82, 2.24) is 19.9 Å². The van der Waals surface area contributed by atoms with E-state index in [2.05, 4.69) is 38.7 Å². The van der Waals surface area contributed by atoms with Crippen molar-refractivity contribution in [2.75, 3.05) is 25.0 Å². The second kappa shape index (κ2) is 7.78. The molecular formula is C18H22F3N5O2. The van der Waals surface area contributed by atoms with E-state index in [4.69, 9.17) is 0 Å². The Morgan fingerprint density at radius 2 is 2.04 bits per heavy atom. The van der Waals surface area contributed by atoms with Gasteiger partial charge in [0.15, 0.2) is 0 Å².